The van der Waals surface area contributed by atoms with Gasteiger partial charge in [-0.3, -0.25) is 4.79 Å². The Morgan fingerprint density at radius 2 is 1.76 bits per heavy atom. The number of ketones is 1. The summed E-state index contributed by atoms with van der Waals surface area (Å²) < 4.78 is 0. The van der Waals surface area contributed by atoms with Gasteiger partial charge in [0.05, 0.1) is 0 Å². The van der Waals surface area contributed by atoms with Gasteiger partial charge >= 0.3 is 0 Å². The summed E-state index contributed by atoms with van der Waals surface area (Å²) in [5.41, 5.74) is 1.85. The van der Waals surface area contributed by atoms with Gasteiger partial charge in [0.1, 0.15) is 0 Å². The minimum absolute atomic E-state index is 0.112. The van der Waals surface area contributed by atoms with Gasteiger partial charge in [-0.15, -0.1) is 0 Å². The number of benzene rings is 2. The van der Waals surface area contributed by atoms with E-state index in [-0.39, 0.29) is 5.78 Å². The fourth-order valence-electron chi connectivity index (χ4n) is 2.08. The smallest absolute Gasteiger partial charge is 0.164 e. The van der Waals surface area contributed by atoms with Crippen molar-refractivity contribution in [1.29, 1.82) is 0 Å². The summed E-state index contributed by atoms with van der Waals surface area (Å²) in [6.07, 6.45) is 0.477. The molecule has 21 heavy (non-hydrogen) atoms. The number of nitrogens with zero attached hydrogens (tertiary/aromatic N) is 1. The van der Waals surface area contributed by atoms with Crippen molar-refractivity contribution in [2.75, 3.05) is 13.6 Å². The lowest BCUT2D eigenvalue weighted by molar-refractivity contribution is 0.0968. The van der Waals surface area contributed by atoms with Gasteiger partial charge in [-0.1, -0.05) is 47.5 Å². The van der Waals surface area contributed by atoms with Crippen LogP contribution in [0.4, 0.5) is 0 Å². The lowest BCUT2D eigenvalue weighted by atomic mass is 10.1. The van der Waals surface area contributed by atoms with Gasteiger partial charge in [0.15, 0.2) is 5.78 Å². The normalized spacial score (nSPS) is 10.9. The minimum atomic E-state index is 0.112. The zero-order valence-corrected chi connectivity index (χ0v) is 13.4. The van der Waals surface area contributed by atoms with E-state index < -0.39 is 0 Å². The first kappa shape index (κ1) is 16.0. The third kappa shape index (κ3) is 5.16. The average molecular weight is 322 g/mol. The van der Waals surface area contributed by atoms with Gasteiger partial charge in [0.2, 0.25) is 0 Å². The molecule has 0 unspecified atom stereocenters. The lowest BCUT2D eigenvalue weighted by Gasteiger charge is -2.16. The van der Waals surface area contributed by atoms with Crippen LogP contribution in [0.3, 0.4) is 0 Å². The van der Waals surface area contributed by atoms with Crippen LogP contribution >= 0.6 is 23.2 Å². The molecule has 0 saturated heterocycles. The van der Waals surface area contributed by atoms with E-state index in [4.69, 9.17) is 23.2 Å². The van der Waals surface area contributed by atoms with E-state index in [1.807, 2.05) is 31.3 Å². The lowest BCUT2D eigenvalue weighted by Crippen LogP contribution is -2.21. The first-order chi connectivity index (χ1) is 10.0. The van der Waals surface area contributed by atoms with E-state index in [0.717, 1.165) is 11.6 Å². The van der Waals surface area contributed by atoms with E-state index >= 15 is 0 Å². The number of carbonyl (C=O) groups excluding carboxylic acids is 1. The number of rotatable bonds is 6. The van der Waals surface area contributed by atoms with Gasteiger partial charge in [-0.05, 0) is 36.9 Å². The zero-order valence-electron chi connectivity index (χ0n) is 11.9. The molecule has 0 fully saturated rings. The number of hydrogen-bond acceptors (Lipinski definition) is 2. The molecule has 4 heteroatoms. The molecule has 2 rings (SSSR count). The molecule has 0 aromatic heterocycles. The summed E-state index contributed by atoms with van der Waals surface area (Å²) in [6.45, 7) is 1.49. The first-order valence-electron chi connectivity index (χ1n) is 6.76. The van der Waals surface area contributed by atoms with Crippen LogP contribution in [-0.2, 0) is 6.54 Å². The molecule has 0 aliphatic rings. The molecule has 0 amide bonds. The molecule has 2 nitrogen and oxygen atoms in total. The molecule has 0 saturated carbocycles. The highest BCUT2D eigenvalue weighted by Crippen LogP contribution is 2.14. The SMILES string of the molecule is CN(CCC(=O)c1cccc(Cl)c1)Cc1ccc(Cl)cc1. The van der Waals surface area contributed by atoms with Crippen molar-refractivity contribution in [3.05, 3.63) is 69.7 Å². The minimum Gasteiger partial charge on any atom is -0.302 e. The molecular formula is C17H17Cl2NO. The molecule has 0 aliphatic heterocycles. The largest absolute Gasteiger partial charge is 0.302 e. The van der Waals surface area contributed by atoms with Crippen molar-refractivity contribution in [3.8, 4) is 0 Å². The molecule has 0 spiro atoms. The van der Waals surface area contributed by atoms with Crippen molar-refractivity contribution in [1.82, 2.24) is 4.90 Å². The predicted molar refractivity (Wildman–Crippen MR) is 88.2 cm³/mol. The Kier molecular flexibility index (Phi) is 5.80. The third-order valence-corrected chi connectivity index (χ3v) is 3.72. The quantitative estimate of drug-likeness (QED) is 0.719. The Balaban J connectivity index is 1.84. The zero-order chi connectivity index (χ0) is 15.2. The topological polar surface area (TPSA) is 20.3 Å². The fourth-order valence-corrected chi connectivity index (χ4v) is 2.40. The van der Waals surface area contributed by atoms with Gasteiger partial charge in [0.25, 0.3) is 0 Å². The molecule has 110 valence electrons. The Morgan fingerprint density at radius 3 is 2.43 bits per heavy atom. The maximum atomic E-state index is 12.1. The van der Waals surface area contributed by atoms with Crippen LogP contribution < -0.4 is 0 Å². The van der Waals surface area contributed by atoms with E-state index in [2.05, 4.69) is 4.90 Å². The molecule has 2 aromatic rings. The van der Waals surface area contributed by atoms with Gasteiger partial charge in [-0.25, -0.2) is 0 Å². The molecule has 0 heterocycles. The number of Topliss-reactive ketones (excluding diaryl/α,β-unsaturated/α-hetero) is 1. The molecular weight excluding hydrogens is 305 g/mol. The number of hydrogen-bond donors (Lipinski definition) is 0. The third-order valence-electron chi connectivity index (χ3n) is 3.23. The second kappa shape index (κ2) is 7.60. The van der Waals surface area contributed by atoms with Crippen LogP contribution in [-0.4, -0.2) is 24.3 Å². The summed E-state index contributed by atoms with van der Waals surface area (Å²) >= 11 is 11.8. The van der Waals surface area contributed by atoms with Crippen molar-refractivity contribution >= 4 is 29.0 Å². The monoisotopic (exact) mass is 321 g/mol. The Bertz CT molecular complexity index is 610. The summed E-state index contributed by atoms with van der Waals surface area (Å²) in [7, 11) is 2.00. The van der Waals surface area contributed by atoms with Crippen molar-refractivity contribution < 1.29 is 4.79 Å². The van der Waals surface area contributed by atoms with Gasteiger partial charge < -0.3 is 4.90 Å². The Labute approximate surface area is 135 Å². The van der Waals surface area contributed by atoms with Gasteiger partial charge in [-0.2, -0.15) is 0 Å². The summed E-state index contributed by atoms with van der Waals surface area (Å²) in [6, 6.07) is 14.8. The van der Waals surface area contributed by atoms with Crippen LogP contribution in [0.5, 0.6) is 0 Å². The van der Waals surface area contributed by atoms with Crippen LogP contribution in [0, 0.1) is 0 Å². The molecule has 0 aliphatic carbocycles. The second-order valence-corrected chi connectivity index (χ2v) is 5.92. The van der Waals surface area contributed by atoms with E-state index in [1.165, 1.54) is 5.56 Å². The Morgan fingerprint density at radius 1 is 1.05 bits per heavy atom. The average Bonchev–Trinajstić information content (AvgIpc) is 2.47. The highest BCUT2D eigenvalue weighted by Gasteiger charge is 2.08. The predicted octanol–water partition coefficient (Wildman–Crippen LogP) is 4.70. The van der Waals surface area contributed by atoms with E-state index in [1.54, 1.807) is 24.3 Å². The van der Waals surface area contributed by atoms with E-state index in [0.29, 0.717) is 23.6 Å². The van der Waals surface area contributed by atoms with E-state index in [9.17, 15) is 4.79 Å². The molecule has 0 atom stereocenters. The first-order valence-corrected chi connectivity index (χ1v) is 7.52. The van der Waals surface area contributed by atoms with Crippen molar-refractivity contribution in [2.45, 2.75) is 13.0 Å². The number of halogens is 2. The van der Waals surface area contributed by atoms with Crippen molar-refractivity contribution in [2.24, 2.45) is 0 Å². The van der Waals surface area contributed by atoms with Crippen LogP contribution in [0.25, 0.3) is 0 Å². The molecule has 0 radical (unpaired) electrons. The maximum Gasteiger partial charge on any atom is 0.164 e. The molecule has 2 aromatic carbocycles. The molecule has 0 N–H and O–H groups in total. The summed E-state index contributed by atoms with van der Waals surface area (Å²) in [5, 5.41) is 1.33. The molecule has 0 bridgehead atoms. The highest BCUT2D eigenvalue weighted by molar-refractivity contribution is 6.31. The van der Waals surface area contributed by atoms with Crippen LogP contribution in [0.1, 0.15) is 22.3 Å². The standard InChI is InChI=1S/C17H17Cl2NO/c1-20(12-13-5-7-15(18)8-6-13)10-9-17(21)14-3-2-4-16(19)11-14/h2-8,11H,9-10,12H2,1H3. The van der Waals surface area contributed by atoms with Gasteiger partial charge in [0, 0.05) is 35.1 Å². The fraction of sp³-hybridized carbons (Fsp3) is 0.235. The van der Waals surface area contributed by atoms with Crippen LogP contribution in [0.2, 0.25) is 10.0 Å². The second-order valence-electron chi connectivity index (χ2n) is 5.05. The van der Waals surface area contributed by atoms with Crippen molar-refractivity contribution in [3.63, 3.8) is 0 Å². The summed E-state index contributed by atoms with van der Waals surface area (Å²) in [5.74, 6) is 0.112. The highest BCUT2D eigenvalue weighted by atomic mass is 35.5. The number of carbonyl (C=O) groups is 1. The Hall–Kier alpha value is -1.35. The summed E-state index contributed by atoms with van der Waals surface area (Å²) in [4.78, 5) is 14.2. The maximum absolute atomic E-state index is 12.1. The van der Waals surface area contributed by atoms with Crippen LogP contribution in [0.15, 0.2) is 48.5 Å².